The summed E-state index contributed by atoms with van der Waals surface area (Å²) in [6.07, 6.45) is 0. The van der Waals surface area contributed by atoms with Gasteiger partial charge in [0.25, 0.3) is 0 Å². The lowest BCUT2D eigenvalue weighted by Gasteiger charge is -2.14. The quantitative estimate of drug-likeness (QED) is 0.258. The average Bonchev–Trinajstić information content (AvgIpc) is 2.48. The molecule has 0 radical (unpaired) electrons. The largest absolute Gasteiger partial charge is 0.504 e. The van der Waals surface area contributed by atoms with Gasteiger partial charge in [-0.3, -0.25) is 9.59 Å². The molecule has 0 saturated heterocycles. The molecular weight excluding hydrogens is 416 g/mol. The number of rotatable bonds is 0. The van der Waals surface area contributed by atoms with Gasteiger partial charge in [0.05, 0.1) is 0 Å². The van der Waals surface area contributed by atoms with Gasteiger partial charge in [-0.05, 0) is 24.3 Å². The fourth-order valence-electron chi connectivity index (χ4n) is 2.98. The molecule has 0 atom stereocenters. The molecule has 22 heavy (non-hydrogen) atoms. The molecule has 0 aromatic heterocycles. The first-order chi connectivity index (χ1) is 10.4. The number of hydrogen-bond acceptors (Lipinski definition) is 4. The summed E-state index contributed by atoms with van der Waals surface area (Å²) in [4.78, 5) is 24.7. The fraction of sp³-hybridized carbons (Fsp3) is 0. The third kappa shape index (κ3) is 1.56. The van der Waals surface area contributed by atoms with Crippen LogP contribution in [0.4, 0.5) is 0 Å². The molecule has 4 aromatic carbocycles. The van der Waals surface area contributed by atoms with E-state index in [-0.39, 0.29) is 22.3 Å². The first kappa shape index (κ1) is 13.7. The van der Waals surface area contributed by atoms with Crippen molar-refractivity contribution in [2.45, 2.75) is 0 Å². The molecule has 0 bridgehead atoms. The maximum absolute atomic E-state index is 12.4. The number of phenols is 2. The SMILES string of the molecule is O=c1c(=O)c2cc(Br)cc3c(O)c(O)c4cc(Br)cc1c4c32. The Labute approximate surface area is 139 Å². The van der Waals surface area contributed by atoms with Gasteiger partial charge >= 0.3 is 0 Å². The van der Waals surface area contributed by atoms with Crippen molar-refractivity contribution >= 4 is 64.2 Å². The number of halogens is 2. The van der Waals surface area contributed by atoms with Gasteiger partial charge in [-0.15, -0.1) is 0 Å². The Kier molecular flexibility index (Phi) is 2.68. The molecule has 0 amide bonds. The zero-order valence-electron chi connectivity index (χ0n) is 10.8. The molecule has 0 spiro atoms. The number of benzene rings is 4. The van der Waals surface area contributed by atoms with Gasteiger partial charge in [-0.2, -0.15) is 0 Å². The van der Waals surface area contributed by atoms with E-state index in [2.05, 4.69) is 31.9 Å². The first-order valence-electron chi connectivity index (χ1n) is 6.29. The summed E-state index contributed by atoms with van der Waals surface area (Å²) in [7, 11) is 0. The van der Waals surface area contributed by atoms with Crippen molar-refractivity contribution in [3.05, 3.63) is 53.7 Å². The summed E-state index contributed by atoms with van der Waals surface area (Å²) in [6, 6.07) is 6.34. The minimum Gasteiger partial charge on any atom is -0.504 e. The van der Waals surface area contributed by atoms with Gasteiger partial charge in [0.2, 0.25) is 10.9 Å². The molecule has 0 fully saturated rings. The molecule has 0 aliphatic heterocycles. The molecular formula is C16H6Br2O4. The molecule has 4 nitrogen and oxygen atoms in total. The first-order valence-corrected chi connectivity index (χ1v) is 7.88. The summed E-state index contributed by atoms with van der Waals surface area (Å²) in [5.74, 6) is -0.618. The Bertz CT molecular complexity index is 1110. The molecule has 4 rings (SSSR count). The van der Waals surface area contributed by atoms with Crippen molar-refractivity contribution in [1.29, 1.82) is 0 Å². The van der Waals surface area contributed by atoms with Crippen LogP contribution in [0, 0.1) is 0 Å². The molecule has 0 saturated carbocycles. The summed E-state index contributed by atoms with van der Waals surface area (Å²) >= 11 is 6.53. The second-order valence-electron chi connectivity index (χ2n) is 5.11. The van der Waals surface area contributed by atoms with Gasteiger partial charge < -0.3 is 10.2 Å². The predicted octanol–water partition coefficient (Wildman–Crippen LogP) is 3.68. The van der Waals surface area contributed by atoms with Crippen LogP contribution in [0.2, 0.25) is 0 Å². The van der Waals surface area contributed by atoms with E-state index in [1.54, 1.807) is 24.3 Å². The van der Waals surface area contributed by atoms with Gasteiger partial charge in [0.1, 0.15) is 0 Å². The Morgan fingerprint density at radius 2 is 0.955 bits per heavy atom. The van der Waals surface area contributed by atoms with Crippen molar-refractivity contribution in [3.63, 3.8) is 0 Å². The zero-order valence-corrected chi connectivity index (χ0v) is 13.9. The van der Waals surface area contributed by atoms with E-state index in [0.717, 1.165) is 0 Å². The Hall–Kier alpha value is -1.92. The van der Waals surface area contributed by atoms with Crippen molar-refractivity contribution in [3.8, 4) is 11.5 Å². The lowest BCUT2D eigenvalue weighted by molar-refractivity contribution is 0.412. The van der Waals surface area contributed by atoms with E-state index < -0.39 is 10.9 Å². The van der Waals surface area contributed by atoms with E-state index >= 15 is 0 Å². The van der Waals surface area contributed by atoms with E-state index in [0.29, 0.717) is 30.5 Å². The van der Waals surface area contributed by atoms with Crippen LogP contribution in [0.3, 0.4) is 0 Å². The molecule has 0 heterocycles. The van der Waals surface area contributed by atoms with Crippen LogP contribution in [0.15, 0.2) is 42.8 Å². The van der Waals surface area contributed by atoms with E-state index in [1.165, 1.54) is 0 Å². The summed E-state index contributed by atoms with van der Waals surface area (Å²) in [5.41, 5.74) is -1.24. The number of hydrogen-bond donors (Lipinski definition) is 2. The molecule has 2 N–H and O–H groups in total. The third-order valence-corrected chi connectivity index (χ3v) is 4.80. The predicted molar refractivity (Wildman–Crippen MR) is 92.6 cm³/mol. The van der Waals surface area contributed by atoms with Crippen molar-refractivity contribution < 1.29 is 10.2 Å². The minimum absolute atomic E-state index is 0.226. The Morgan fingerprint density at radius 3 is 1.32 bits per heavy atom. The van der Waals surface area contributed by atoms with Crippen LogP contribution in [-0.2, 0) is 0 Å². The fourth-order valence-corrected chi connectivity index (χ4v) is 3.90. The van der Waals surface area contributed by atoms with Crippen molar-refractivity contribution in [2.24, 2.45) is 0 Å². The Morgan fingerprint density at radius 1 is 0.636 bits per heavy atom. The highest BCUT2D eigenvalue weighted by atomic mass is 79.9. The van der Waals surface area contributed by atoms with Crippen LogP contribution in [0.25, 0.3) is 32.3 Å². The molecule has 6 heteroatoms. The van der Waals surface area contributed by atoms with Crippen LogP contribution < -0.4 is 10.9 Å². The molecule has 0 aliphatic carbocycles. The van der Waals surface area contributed by atoms with E-state index in [4.69, 9.17) is 0 Å². The van der Waals surface area contributed by atoms with Crippen LogP contribution in [-0.4, -0.2) is 10.2 Å². The summed E-state index contributed by atoms with van der Waals surface area (Å²) < 4.78 is 1.09. The molecule has 4 aromatic rings. The average molecular weight is 422 g/mol. The third-order valence-electron chi connectivity index (χ3n) is 3.89. The van der Waals surface area contributed by atoms with Gasteiger partial charge in [-0.1, -0.05) is 31.9 Å². The Balaban J connectivity index is 2.59. The van der Waals surface area contributed by atoms with Crippen LogP contribution >= 0.6 is 31.9 Å². The topological polar surface area (TPSA) is 74.6 Å². The normalized spacial score (nSPS) is 11.9. The highest BCUT2D eigenvalue weighted by Crippen LogP contribution is 2.46. The zero-order chi connectivity index (χ0) is 15.8. The second-order valence-corrected chi connectivity index (χ2v) is 6.94. The summed E-state index contributed by atoms with van der Waals surface area (Å²) in [6.45, 7) is 0. The van der Waals surface area contributed by atoms with Crippen LogP contribution in [0.5, 0.6) is 11.5 Å². The number of phenolic OH excluding ortho intramolecular Hbond substituents is 2. The maximum atomic E-state index is 12.4. The lowest BCUT2D eigenvalue weighted by Crippen LogP contribution is -2.24. The van der Waals surface area contributed by atoms with Crippen LogP contribution in [0.1, 0.15) is 0 Å². The highest BCUT2D eigenvalue weighted by molar-refractivity contribution is 9.10. The minimum atomic E-state index is -0.622. The van der Waals surface area contributed by atoms with Crippen molar-refractivity contribution in [1.82, 2.24) is 0 Å². The van der Waals surface area contributed by atoms with Gasteiger partial charge in [0, 0.05) is 41.3 Å². The maximum Gasteiger partial charge on any atom is 0.234 e. The smallest absolute Gasteiger partial charge is 0.234 e. The number of aromatic hydroxyl groups is 2. The second kappa shape index (κ2) is 4.30. The lowest BCUT2D eigenvalue weighted by atomic mass is 9.92. The molecule has 0 unspecified atom stereocenters. The highest BCUT2D eigenvalue weighted by Gasteiger charge is 2.21. The van der Waals surface area contributed by atoms with Gasteiger partial charge in [-0.25, -0.2) is 0 Å². The standard InChI is InChI=1S/C16H6Br2O4/c17-5-1-7-11-8(2-5)15(21)16(22)10-4-6(18)3-9(12(10)11)14(20)13(7)19/h1-4,19-20H. The van der Waals surface area contributed by atoms with E-state index in [1.807, 2.05) is 0 Å². The van der Waals surface area contributed by atoms with Crippen molar-refractivity contribution in [2.75, 3.05) is 0 Å². The monoisotopic (exact) mass is 420 g/mol. The van der Waals surface area contributed by atoms with Gasteiger partial charge in [0.15, 0.2) is 11.5 Å². The molecule has 0 aliphatic rings. The molecule has 108 valence electrons. The summed E-state index contributed by atoms with van der Waals surface area (Å²) in [5, 5.41) is 22.7. The van der Waals surface area contributed by atoms with E-state index in [9.17, 15) is 19.8 Å².